The highest BCUT2D eigenvalue weighted by atomic mass is 32.1. The van der Waals surface area contributed by atoms with E-state index in [1.165, 1.54) is 6.07 Å². The summed E-state index contributed by atoms with van der Waals surface area (Å²) in [4.78, 5) is 11.1. The number of hydrogen-bond acceptors (Lipinski definition) is 2. The molecular weight excluding hydrogens is 160 g/mol. The first-order chi connectivity index (χ1) is 5.11. The zero-order valence-electron chi connectivity index (χ0n) is 6.00. The number of carboxylic acids is 1. The Morgan fingerprint density at radius 2 is 2.18 bits per heavy atom. The van der Waals surface area contributed by atoms with Crippen LogP contribution in [0, 0.1) is 6.92 Å². The Bertz CT molecular complexity index is 294. The molecule has 11 heavy (non-hydrogen) atoms. The van der Waals surface area contributed by atoms with Gasteiger partial charge in [-0.3, -0.25) is 0 Å². The van der Waals surface area contributed by atoms with Crippen molar-refractivity contribution in [3.8, 4) is 0 Å². The predicted octanol–water partition coefficient (Wildman–Crippen LogP) is 1.60. The minimum Gasteiger partial charge on any atom is -0.779 e. The number of aromatic carboxylic acids is 1. The molecule has 2 nitrogen and oxygen atoms in total. The SMILES string of the molecule is Cc1cc(C(=O)O)ccc1[S-]. The Labute approximate surface area is 70.3 Å². The lowest BCUT2D eigenvalue weighted by atomic mass is 10.1. The first-order valence-electron chi connectivity index (χ1n) is 3.12. The molecule has 1 aromatic carbocycles. The molecule has 1 aromatic rings. The van der Waals surface area contributed by atoms with Crippen LogP contribution in [-0.4, -0.2) is 11.1 Å². The smallest absolute Gasteiger partial charge is 0.335 e. The second kappa shape index (κ2) is 2.88. The second-order valence-electron chi connectivity index (χ2n) is 2.29. The van der Waals surface area contributed by atoms with Crippen LogP contribution < -0.4 is 0 Å². The Morgan fingerprint density at radius 3 is 2.64 bits per heavy atom. The van der Waals surface area contributed by atoms with Gasteiger partial charge in [-0.05, 0) is 19.1 Å². The average Bonchev–Trinajstić information content (AvgIpc) is 1.94. The van der Waals surface area contributed by atoms with E-state index >= 15 is 0 Å². The van der Waals surface area contributed by atoms with Crippen LogP contribution in [0.5, 0.6) is 0 Å². The largest absolute Gasteiger partial charge is 0.779 e. The molecule has 0 unspecified atom stereocenters. The average molecular weight is 167 g/mol. The monoisotopic (exact) mass is 167 g/mol. The van der Waals surface area contributed by atoms with Gasteiger partial charge in [-0.25, -0.2) is 4.79 Å². The summed E-state index contributed by atoms with van der Waals surface area (Å²) in [5, 5.41) is 8.57. The van der Waals surface area contributed by atoms with Gasteiger partial charge in [0.1, 0.15) is 0 Å². The lowest BCUT2D eigenvalue weighted by molar-refractivity contribution is 0.0696. The van der Waals surface area contributed by atoms with E-state index in [1.54, 1.807) is 19.1 Å². The number of carboxylic acid groups (broad SMARTS) is 1. The van der Waals surface area contributed by atoms with Gasteiger partial charge in [0, 0.05) is 0 Å². The van der Waals surface area contributed by atoms with Gasteiger partial charge in [0.2, 0.25) is 0 Å². The normalized spacial score (nSPS) is 9.55. The van der Waals surface area contributed by atoms with Crippen molar-refractivity contribution in [1.29, 1.82) is 0 Å². The molecule has 0 bridgehead atoms. The molecule has 1 N–H and O–H groups in total. The summed E-state index contributed by atoms with van der Waals surface area (Å²) in [7, 11) is 0. The van der Waals surface area contributed by atoms with Gasteiger partial charge in [-0.15, -0.1) is 0 Å². The van der Waals surface area contributed by atoms with Gasteiger partial charge in [0.15, 0.2) is 0 Å². The number of hydrogen-bond donors (Lipinski definition) is 1. The number of aryl methyl sites for hydroxylation is 1. The zero-order valence-corrected chi connectivity index (χ0v) is 6.81. The summed E-state index contributed by atoms with van der Waals surface area (Å²) in [6.45, 7) is 1.80. The van der Waals surface area contributed by atoms with E-state index in [0.717, 1.165) is 5.56 Å². The van der Waals surface area contributed by atoms with Crippen LogP contribution in [0.15, 0.2) is 23.1 Å². The van der Waals surface area contributed by atoms with Gasteiger partial charge in [0.05, 0.1) is 5.56 Å². The molecule has 0 aliphatic carbocycles. The maximum Gasteiger partial charge on any atom is 0.335 e. The molecule has 0 heterocycles. The van der Waals surface area contributed by atoms with E-state index in [9.17, 15) is 4.79 Å². The highest BCUT2D eigenvalue weighted by Gasteiger charge is 2.00. The van der Waals surface area contributed by atoms with Crippen LogP contribution in [0.3, 0.4) is 0 Å². The van der Waals surface area contributed by atoms with E-state index in [0.29, 0.717) is 4.90 Å². The Hall–Kier alpha value is -1.09. The molecule has 0 fully saturated rings. The molecule has 0 radical (unpaired) electrons. The molecular formula is C8H7O2S-. The lowest BCUT2D eigenvalue weighted by Crippen LogP contribution is -1.96. The van der Waals surface area contributed by atoms with Crippen LogP contribution >= 0.6 is 0 Å². The van der Waals surface area contributed by atoms with Crippen molar-refractivity contribution in [3.63, 3.8) is 0 Å². The van der Waals surface area contributed by atoms with Gasteiger partial charge >= 0.3 is 5.97 Å². The summed E-state index contributed by atoms with van der Waals surface area (Å²) in [6.07, 6.45) is 0. The first-order valence-corrected chi connectivity index (χ1v) is 3.53. The van der Waals surface area contributed by atoms with Crippen LogP contribution in [0.25, 0.3) is 0 Å². The Balaban J connectivity index is 3.15. The van der Waals surface area contributed by atoms with Crippen molar-refractivity contribution >= 4 is 18.6 Å². The quantitative estimate of drug-likeness (QED) is 0.645. The van der Waals surface area contributed by atoms with Crippen molar-refractivity contribution in [2.24, 2.45) is 0 Å². The highest BCUT2D eigenvalue weighted by molar-refractivity contribution is 7.58. The molecule has 0 aliphatic heterocycles. The minimum atomic E-state index is -0.914. The Morgan fingerprint density at radius 1 is 1.55 bits per heavy atom. The molecule has 0 amide bonds. The van der Waals surface area contributed by atoms with Crippen molar-refractivity contribution in [2.45, 2.75) is 11.8 Å². The van der Waals surface area contributed by atoms with Crippen LogP contribution in [-0.2, 0) is 12.6 Å². The number of benzene rings is 1. The Kier molecular flexibility index (Phi) is 2.10. The maximum atomic E-state index is 10.4. The molecule has 58 valence electrons. The summed E-state index contributed by atoms with van der Waals surface area (Å²) in [5.74, 6) is -0.914. The summed E-state index contributed by atoms with van der Waals surface area (Å²) < 4.78 is 0. The lowest BCUT2D eigenvalue weighted by Gasteiger charge is -2.09. The molecule has 1 rings (SSSR count). The van der Waals surface area contributed by atoms with Gasteiger partial charge < -0.3 is 17.7 Å². The summed E-state index contributed by atoms with van der Waals surface area (Å²) in [5.41, 5.74) is 1.12. The van der Waals surface area contributed by atoms with Crippen molar-refractivity contribution in [3.05, 3.63) is 29.3 Å². The summed E-state index contributed by atoms with van der Waals surface area (Å²) in [6, 6.07) is 4.72. The van der Waals surface area contributed by atoms with Gasteiger partial charge in [-0.2, -0.15) is 4.90 Å². The molecule has 0 atom stereocenters. The first kappa shape index (κ1) is 8.01. The third kappa shape index (κ3) is 1.68. The number of rotatable bonds is 1. The zero-order chi connectivity index (χ0) is 8.43. The third-order valence-corrected chi connectivity index (χ3v) is 1.88. The van der Waals surface area contributed by atoms with Gasteiger partial charge in [0.25, 0.3) is 0 Å². The van der Waals surface area contributed by atoms with Crippen LogP contribution in [0.1, 0.15) is 15.9 Å². The van der Waals surface area contributed by atoms with E-state index in [4.69, 9.17) is 17.7 Å². The topological polar surface area (TPSA) is 37.3 Å². The molecule has 3 heteroatoms. The van der Waals surface area contributed by atoms with E-state index < -0.39 is 5.97 Å². The fourth-order valence-corrected chi connectivity index (χ4v) is 0.909. The minimum absolute atomic E-state index is 0.288. The fraction of sp³-hybridized carbons (Fsp3) is 0.125. The summed E-state index contributed by atoms with van der Waals surface area (Å²) >= 11 is 4.91. The fourth-order valence-electron chi connectivity index (χ4n) is 0.782. The standard InChI is InChI=1S/C8H8O2S/c1-5-4-6(8(9)10)2-3-7(5)11/h2-4,11H,1H3,(H,9,10)/p-1. The van der Waals surface area contributed by atoms with E-state index in [1.807, 2.05) is 0 Å². The molecule has 0 spiro atoms. The highest BCUT2D eigenvalue weighted by Crippen LogP contribution is 2.09. The molecule has 0 aliphatic rings. The molecule has 0 saturated heterocycles. The van der Waals surface area contributed by atoms with Gasteiger partial charge in [-0.1, -0.05) is 11.6 Å². The predicted molar refractivity (Wildman–Crippen MR) is 43.8 cm³/mol. The molecule has 0 saturated carbocycles. The third-order valence-electron chi connectivity index (χ3n) is 1.42. The van der Waals surface area contributed by atoms with E-state index in [-0.39, 0.29) is 5.56 Å². The van der Waals surface area contributed by atoms with Crippen LogP contribution in [0.2, 0.25) is 0 Å². The second-order valence-corrected chi connectivity index (χ2v) is 2.73. The van der Waals surface area contributed by atoms with E-state index in [2.05, 4.69) is 0 Å². The van der Waals surface area contributed by atoms with Crippen molar-refractivity contribution in [1.82, 2.24) is 0 Å². The van der Waals surface area contributed by atoms with Crippen molar-refractivity contribution in [2.75, 3.05) is 0 Å². The maximum absolute atomic E-state index is 10.4. The molecule has 0 aromatic heterocycles. The van der Waals surface area contributed by atoms with Crippen molar-refractivity contribution < 1.29 is 9.90 Å². The number of carbonyl (C=O) groups is 1. The van der Waals surface area contributed by atoms with Crippen LogP contribution in [0.4, 0.5) is 0 Å².